The molecule has 2 aromatic rings. The van der Waals surface area contributed by atoms with Crippen molar-refractivity contribution in [2.45, 2.75) is 24.5 Å². The van der Waals surface area contributed by atoms with Crippen molar-refractivity contribution in [3.63, 3.8) is 0 Å². The molecule has 0 saturated carbocycles. The predicted molar refractivity (Wildman–Crippen MR) is 102 cm³/mol. The third kappa shape index (κ3) is 4.91. The molecule has 1 aromatic carbocycles. The lowest BCUT2D eigenvalue weighted by atomic mass is 10.2. The van der Waals surface area contributed by atoms with Crippen LogP contribution in [0.1, 0.15) is 16.2 Å². The van der Waals surface area contributed by atoms with Gasteiger partial charge in [0.15, 0.2) is 0 Å². The summed E-state index contributed by atoms with van der Waals surface area (Å²) in [7, 11) is 1.57. The van der Waals surface area contributed by atoms with Crippen LogP contribution in [-0.4, -0.2) is 67.5 Å². The number of halogens is 3. The van der Waals surface area contributed by atoms with Gasteiger partial charge in [0.2, 0.25) is 0 Å². The number of methoxy groups -OCH3 is 1. The number of likely N-dealkylation sites (tertiary alicyclic amines) is 1. The van der Waals surface area contributed by atoms with Crippen molar-refractivity contribution >= 4 is 5.91 Å². The molecule has 1 aromatic heterocycles. The Morgan fingerprint density at radius 2 is 1.71 bits per heavy atom. The molecule has 10 heteroatoms. The number of hydrogen-bond acceptors (Lipinski definition) is 6. The number of amides is 1. The van der Waals surface area contributed by atoms with E-state index < -0.39 is 30.0 Å². The zero-order valence-corrected chi connectivity index (χ0v) is 16.7. The average molecular weight is 438 g/mol. The summed E-state index contributed by atoms with van der Waals surface area (Å²) in [5.74, 6) is 0.703. The Kier molecular flexibility index (Phi) is 6.01. The first-order chi connectivity index (χ1) is 14.8. The van der Waals surface area contributed by atoms with Gasteiger partial charge in [-0.3, -0.25) is 4.79 Å². The molecule has 4 rings (SSSR count). The fraction of sp³-hybridized carbons (Fsp3) is 0.429. The molecule has 0 unspecified atom stereocenters. The van der Waals surface area contributed by atoms with E-state index in [2.05, 4.69) is 4.98 Å². The maximum absolute atomic E-state index is 12.9. The van der Waals surface area contributed by atoms with Gasteiger partial charge in [0.1, 0.15) is 41.2 Å². The topological polar surface area (TPSA) is 70.1 Å². The lowest BCUT2D eigenvalue weighted by Gasteiger charge is -2.20. The molecule has 0 bridgehead atoms. The van der Waals surface area contributed by atoms with Crippen LogP contribution in [0, 0.1) is 0 Å². The van der Waals surface area contributed by atoms with Crippen LogP contribution in [0.25, 0.3) is 0 Å². The second-order valence-electron chi connectivity index (χ2n) is 7.28. The van der Waals surface area contributed by atoms with Crippen molar-refractivity contribution in [1.82, 2.24) is 9.88 Å². The summed E-state index contributed by atoms with van der Waals surface area (Å²) in [6, 6.07) is 10.5. The van der Waals surface area contributed by atoms with Gasteiger partial charge < -0.3 is 23.8 Å². The monoisotopic (exact) mass is 438 g/mol. The van der Waals surface area contributed by atoms with E-state index in [1.54, 1.807) is 19.2 Å². The van der Waals surface area contributed by atoms with Gasteiger partial charge in [-0.2, -0.15) is 13.2 Å². The number of ether oxygens (including phenoxy) is 4. The van der Waals surface area contributed by atoms with Gasteiger partial charge in [-0.25, -0.2) is 4.98 Å². The van der Waals surface area contributed by atoms with E-state index in [1.807, 2.05) is 12.1 Å². The van der Waals surface area contributed by atoms with E-state index in [1.165, 1.54) is 17.0 Å². The fourth-order valence-corrected chi connectivity index (χ4v) is 3.55. The summed E-state index contributed by atoms with van der Waals surface area (Å²) in [6.07, 6.45) is -5.74. The van der Waals surface area contributed by atoms with Crippen LogP contribution in [0.2, 0.25) is 0 Å². The maximum Gasteiger partial charge on any atom is 0.433 e. The quantitative estimate of drug-likeness (QED) is 0.731. The average Bonchev–Trinajstić information content (AvgIpc) is 3.09. The van der Waals surface area contributed by atoms with Crippen LogP contribution in [0.3, 0.4) is 0 Å². The molecular weight excluding hydrogens is 417 g/mol. The molecule has 3 heterocycles. The third-order valence-corrected chi connectivity index (χ3v) is 5.10. The summed E-state index contributed by atoms with van der Waals surface area (Å²) in [5.41, 5.74) is -1.36. The molecule has 2 saturated heterocycles. The molecule has 2 atom stereocenters. The van der Waals surface area contributed by atoms with E-state index in [4.69, 9.17) is 18.9 Å². The zero-order valence-electron chi connectivity index (χ0n) is 16.7. The third-order valence-electron chi connectivity index (χ3n) is 5.10. The zero-order chi connectivity index (χ0) is 22.0. The minimum absolute atomic E-state index is 0.202. The highest BCUT2D eigenvalue weighted by molar-refractivity contribution is 5.92. The Hall–Kier alpha value is -2.85. The molecule has 2 fully saturated rings. The van der Waals surface area contributed by atoms with Crippen molar-refractivity contribution in [3.8, 4) is 11.5 Å². The van der Waals surface area contributed by atoms with Gasteiger partial charge in [0, 0.05) is 19.2 Å². The van der Waals surface area contributed by atoms with Gasteiger partial charge in [0.05, 0.1) is 20.3 Å². The molecule has 2 aliphatic rings. The Morgan fingerprint density at radius 1 is 1.06 bits per heavy atom. The van der Waals surface area contributed by atoms with Crippen LogP contribution in [-0.2, 0) is 15.7 Å². The fourth-order valence-electron chi connectivity index (χ4n) is 3.55. The van der Waals surface area contributed by atoms with Crippen LogP contribution in [0.5, 0.6) is 11.5 Å². The van der Waals surface area contributed by atoms with Gasteiger partial charge in [-0.05, 0) is 24.3 Å². The van der Waals surface area contributed by atoms with Crippen molar-refractivity contribution < 1.29 is 36.9 Å². The number of pyridine rings is 1. The molecule has 1 amide bonds. The number of carbonyl (C=O) groups is 1. The highest BCUT2D eigenvalue weighted by Crippen LogP contribution is 2.28. The minimum Gasteiger partial charge on any atom is -0.497 e. The highest BCUT2D eigenvalue weighted by Gasteiger charge is 2.41. The molecule has 0 aliphatic carbocycles. The standard InChI is InChI=1S/C21H21F3N2O5/c1-28-13-4-2-5-14(8-13)31-15-11-29-17-9-26(10-18(17)30-12-15)20(27)16-6-3-7-19(25-16)21(22,23)24/h2-8,15,17-18H,9-12H2,1H3/t17-,18-/m0/s1. The summed E-state index contributed by atoms with van der Waals surface area (Å²) in [6.45, 7) is 0.908. The van der Waals surface area contributed by atoms with E-state index in [-0.39, 0.29) is 38.1 Å². The normalized spacial score (nSPS) is 22.0. The lowest BCUT2D eigenvalue weighted by molar-refractivity contribution is -0.141. The van der Waals surface area contributed by atoms with Gasteiger partial charge >= 0.3 is 6.18 Å². The first kappa shape index (κ1) is 21.4. The number of benzene rings is 1. The lowest BCUT2D eigenvalue weighted by Crippen LogP contribution is -2.33. The summed E-state index contributed by atoms with van der Waals surface area (Å²) >= 11 is 0. The van der Waals surface area contributed by atoms with Gasteiger partial charge in [-0.1, -0.05) is 12.1 Å². The predicted octanol–water partition coefficient (Wildman–Crippen LogP) is 2.80. The second kappa shape index (κ2) is 8.72. The minimum atomic E-state index is -4.61. The van der Waals surface area contributed by atoms with Crippen molar-refractivity contribution in [1.29, 1.82) is 0 Å². The molecule has 0 spiro atoms. The SMILES string of the molecule is COc1cccc(OC2CO[C@H]3CN(C(=O)c4cccc(C(F)(F)F)n4)C[C@@H]3OC2)c1. The smallest absolute Gasteiger partial charge is 0.433 e. The molecule has 31 heavy (non-hydrogen) atoms. The van der Waals surface area contributed by atoms with E-state index in [9.17, 15) is 18.0 Å². The van der Waals surface area contributed by atoms with Crippen LogP contribution in [0.4, 0.5) is 13.2 Å². The second-order valence-corrected chi connectivity index (χ2v) is 7.28. The molecule has 0 N–H and O–H groups in total. The number of rotatable bonds is 4. The first-order valence-electron chi connectivity index (χ1n) is 9.71. The molecule has 2 aliphatic heterocycles. The number of nitrogens with zero attached hydrogens (tertiary/aromatic N) is 2. The van der Waals surface area contributed by atoms with E-state index >= 15 is 0 Å². The number of aromatic nitrogens is 1. The van der Waals surface area contributed by atoms with Crippen molar-refractivity contribution in [2.24, 2.45) is 0 Å². The van der Waals surface area contributed by atoms with Crippen molar-refractivity contribution in [2.75, 3.05) is 33.4 Å². The number of alkyl halides is 3. The summed E-state index contributed by atoms with van der Waals surface area (Å²) in [5, 5.41) is 0. The number of fused-ring (bicyclic) bond motifs is 1. The van der Waals surface area contributed by atoms with E-state index in [0.29, 0.717) is 11.5 Å². The number of hydrogen-bond donors (Lipinski definition) is 0. The molecule has 166 valence electrons. The Bertz CT molecular complexity index is 923. The summed E-state index contributed by atoms with van der Waals surface area (Å²) < 4.78 is 61.5. The molecular formula is C21H21F3N2O5. The van der Waals surface area contributed by atoms with Gasteiger partial charge in [-0.15, -0.1) is 0 Å². The largest absolute Gasteiger partial charge is 0.497 e. The summed E-state index contributed by atoms with van der Waals surface area (Å²) in [4.78, 5) is 17.5. The Morgan fingerprint density at radius 3 is 2.35 bits per heavy atom. The Balaban J connectivity index is 1.36. The molecule has 0 radical (unpaired) electrons. The first-order valence-corrected chi connectivity index (χ1v) is 9.71. The number of carbonyl (C=O) groups excluding carboxylic acids is 1. The Labute approximate surface area is 176 Å². The van der Waals surface area contributed by atoms with Gasteiger partial charge in [0.25, 0.3) is 5.91 Å². The molecule has 7 nitrogen and oxygen atoms in total. The van der Waals surface area contributed by atoms with Crippen molar-refractivity contribution in [3.05, 3.63) is 53.9 Å². The van der Waals surface area contributed by atoms with Crippen LogP contribution < -0.4 is 9.47 Å². The maximum atomic E-state index is 12.9. The van der Waals surface area contributed by atoms with Crippen LogP contribution >= 0.6 is 0 Å². The van der Waals surface area contributed by atoms with Crippen LogP contribution in [0.15, 0.2) is 42.5 Å². The highest BCUT2D eigenvalue weighted by atomic mass is 19.4. The van der Waals surface area contributed by atoms with E-state index in [0.717, 1.165) is 6.07 Å².